The van der Waals surface area contributed by atoms with Gasteiger partial charge in [-0.3, -0.25) is 19.3 Å². The molecule has 2 aliphatic heterocycles. The molecule has 246 valence electrons. The summed E-state index contributed by atoms with van der Waals surface area (Å²) in [7, 11) is 0. The Morgan fingerprint density at radius 1 is 0.739 bits per heavy atom. The number of H-pyrrole nitrogens is 2. The lowest BCUT2D eigenvalue weighted by atomic mass is 10.1. The highest BCUT2D eigenvalue weighted by Gasteiger charge is 2.19. The number of anilines is 2. The normalized spacial score (nSPS) is 14.6. The third-order valence-electron chi connectivity index (χ3n) is 7.02. The first-order chi connectivity index (χ1) is 21.7. The fourth-order valence-electron chi connectivity index (χ4n) is 4.63. The van der Waals surface area contributed by atoms with Crippen molar-refractivity contribution in [1.29, 1.82) is 0 Å². The summed E-state index contributed by atoms with van der Waals surface area (Å²) >= 11 is 6.60. The molecule has 0 saturated carbocycles. The van der Waals surface area contributed by atoms with Gasteiger partial charge in [0.15, 0.2) is 6.29 Å². The van der Waals surface area contributed by atoms with E-state index in [4.69, 9.17) is 5.11 Å². The van der Waals surface area contributed by atoms with E-state index in [-0.39, 0.29) is 24.3 Å². The summed E-state index contributed by atoms with van der Waals surface area (Å²) in [5.74, 6) is 1.82. The van der Waals surface area contributed by atoms with Crippen LogP contribution in [0.2, 0.25) is 0 Å². The SMILES string of the molecule is C.O=Cc1cc(Br)ccc1O.O=c1cc(N2CCN(Cc3cc(Br)ccc3O)CC2)nc[nH]1.O=c1cc(N2CCNCC2)nc[nH]1. The zero-order chi connectivity index (χ0) is 32.2. The van der Waals surface area contributed by atoms with Crippen molar-refractivity contribution in [2.24, 2.45) is 0 Å². The maximum Gasteiger partial charge on any atom is 0.252 e. The lowest BCUT2D eigenvalue weighted by molar-refractivity contribution is 0.112. The van der Waals surface area contributed by atoms with Crippen LogP contribution in [0.15, 0.2) is 79.7 Å². The van der Waals surface area contributed by atoms with Crippen molar-refractivity contribution in [2.45, 2.75) is 14.0 Å². The molecule has 4 heterocycles. The van der Waals surface area contributed by atoms with Gasteiger partial charge in [0, 0.05) is 85.5 Å². The maximum atomic E-state index is 11.3. The van der Waals surface area contributed by atoms with Gasteiger partial charge in [-0.25, -0.2) is 9.97 Å². The van der Waals surface area contributed by atoms with Gasteiger partial charge >= 0.3 is 0 Å². The first kappa shape index (κ1) is 36.4. The van der Waals surface area contributed by atoms with Gasteiger partial charge in [-0.15, -0.1) is 0 Å². The Hall–Kier alpha value is -4.05. The van der Waals surface area contributed by atoms with E-state index in [1.165, 1.54) is 30.9 Å². The number of halogens is 2. The molecule has 0 radical (unpaired) electrons. The lowest BCUT2D eigenvalue weighted by Crippen LogP contribution is -2.46. The number of aromatic hydroxyl groups is 2. The summed E-state index contributed by atoms with van der Waals surface area (Å²) in [4.78, 5) is 52.4. The number of carbonyl (C=O) groups excluding carboxylic acids is 1. The Bertz CT molecular complexity index is 1670. The van der Waals surface area contributed by atoms with Gasteiger partial charge in [0.25, 0.3) is 11.1 Å². The van der Waals surface area contributed by atoms with Crippen LogP contribution in [0, 0.1) is 0 Å². The minimum Gasteiger partial charge on any atom is -0.508 e. The van der Waals surface area contributed by atoms with E-state index >= 15 is 0 Å². The standard InChI is InChI=1S/C15H17BrN4O2.C8H12N4O.C7H5BrO2.CH4/c16-12-1-2-13(21)11(7-12)9-19-3-5-20(6-4-19)14-8-15(22)18-10-17-14;13-8-5-7(10-6-11-8)12-3-1-9-2-4-12;8-6-1-2-7(10)5(3-6)4-9;/h1-2,7-8,10,21H,3-6,9H2,(H,17,18,22);5-6,9H,1-4H2,(H,10,11,13);1-4,10H;1H4. The van der Waals surface area contributed by atoms with Crippen LogP contribution in [-0.2, 0) is 6.54 Å². The average molecular weight is 763 g/mol. The highest BCUT2D eigenvalue weighted by molar-refractivity contribution is 9.10. The molecule has 0 aliphatic carbocycles. The number of benzene rings is 2. The molecule has 2 aliphatic rings. The molecular formula is C31H38Br2N8O5. The molecule has 2 saturated heterocycles. The highest BCUT2D eigenvalue weighted by atomic mass is 79.9. The Balaban J connectivity index is 0.000000204. The van der Waals surface area contributed by atoms with Crippen molar-refractivity contribution in [3.8, 4) is 11.5 Å². The first-order valence-electron chi connectivity index (χ1n) is 14.2. The Labute approximate surface area is 283 Å². The number of hydrogen-bond acceptors (Lipinski definition) is 11. The fourth-order valence-corrected chi connectivity index (χ4v) is 5.42. The number of carbonyl (C=O) groups is 1. The number of nitrogens with zero attached hydrogens (tertiary/aromatic N) is 5. The van der Waals surface area contributed by atoms with Crippen molar-refractivity contribution >= 4 is 49.8 Å². The van der Waals surface area contributed by atoms with Crippen molar-refractivity contribution in [2.75, 3.05) is 62.2 Å². The molecule has 0 unspecified atom stereocenters. The summed E-state index contributed by atoms with van der Waals surface area (Å²) < 4.78 is 1.75. The molecule has 2 aromatic heterocycles. The van der Waals surface area contributed by atoms with Crippen LogP contribution in [0.5, 0.6) is 11.5 Å². The molecule has 0 atom stereocenters. The molecule has 2 fully saturated rings. The molecule has 46 heavy (non-hydrogen) atoms. The summed E-state index contributed by atoms with van der Waals surface area (Å²) in [5.41, 5.74) is 0.988. The third-order valence-corrected chi connectivity index (χ3v) is 8.00. The molecule has 4 aromatic rings. The predicted molar refractivity (Wildman–Crippen MR) is 186 cm³/mol. The van der Waals surface area contributed by atoms with Crippen molar-refractivity contribution in [1.82, 2.24) is 30.2 Å². The molecule has 6 rings (SSSR count). The van der Waals surface area contributed by atoms with Crippen LogP contribution in [0.25, 0.3) is 0 Å². The van der Waals surface area contributed by atoms with E-state index in [0.717, 1.165) is 72.7 Å². The summed E-state index contributed by atoms with van der Waals surface area (Å²) in [6, 6.07) is 13.2. The first-order valence-corrected chi connectivity index (χ1v) is 15.7. The van der Waals surface area contributed by atoms with E-state index in [1.54, 1.807) is 18.2 Å². The quantitative estimate of drug-likeness (QED) is 0.189. The monoisotopic (exact) mass is 760 g/mol. The average Bonchev–Trinajstić information content (AvgIpc) is 3.05. The number of rotatable bonds is 5. The van der Waals surface area contributed by atoms with Crippen LogP contribution < -0.4 is 26.2 Å². The van der Waals surface area contributed by atoms with E-state index < -0.39 is 0 Å². The highest BCUT2D eigenvalue weighted by Crippen LogP contribution is 2.24. The van der Waals surface area contributed by atoms with Gasteiger partial charge in [0.1, 0.15) is 23.1 Å². The zero-order valence-electron chi connectivity index (χ0n) is 24.3. The number of nitrogens with one attached hydrogen (secondary N) is 3. The Kier molecular flexibility index (Phi) is 14.4. The second-order valence-corrected chi connectivity index (χ2v) is 12.0. The molecule has 2 aromatic carbocycles. The number of aldehydes is 1. The second kappa shape index (κ2) is 18.2. The summed E-state index contributed by atoms with van der Waals surface area (Å²) in [5, 5.41) is 22.1. The number of phenols is 2. The smallest absolute Gasteiger partial charge is 0.252 e. The molecular weight excluding hydrogens is 724 g/mol. The minimum absolute atomic E-state index is 0. The molecule has 13 nitrogen and oxygen atoms in total. The molecule has 5 N–H and O–H groups in total. The molecule has 0 amide bonds. The number of aromatic amines is 2. The maximum absolute atomic E-state index is 11.3. The van der Waals surface area contributed by atoms with E-state index in [0.29, 0.717) is 30.0 Å². The Morgan fingerprint density at radius 2 is 1.26 bits per heavy atom. The predicted octanol–water partition coefficient (Wildman–Crippen LogP) is 3.34. The van der Waals surface area contributed by atoms with Crippen molar-refractivity contribution < 1.29 is 15.0 Å². The van der Waals surface area contributed by atoms with Gasteiger partial charge in [0.2, 0.25) is 0 Å². The van der Waals surface area contributed by atoms with E-state index in [2.05, 4.69) is 71.8 Å². The summed E-state index contributed by atoms with van der Waals surface area (Å²) in [6.45, 7) is 7.79. The minimum atomic E-state index is -0.133. The van der Waals surface area contributed by atoms with Crippen molar-refractivity contribution in [3.63, 3.8) is 0 Å². The Morgan fingerprint density at radius 3 is 1.78 bits per heavy atom. The van der Waals surface area contributed by atoms with Crippen LogP contribution in [-0.4, -0.2) is 93.7 Å². The number of aromatic nitrogens is 4. The second-order valence-electron chi connectivity index (χ2n) is 10.1. The van der Waals surface area contributed by atoms with E-state index in [1.807, 2.05) is 12.1 Å². The van der Waals surface area contributed by atoms with Crippen LogP contribution in [0.3, 0.4) is 0 Å². The van der Waals surface area contributed by atoms with Gasteiger partial charge in [-0.05, 0) is 36.4 Å². The van der Waals surface area contributed by atoms with Gasteiger partial charge in [-0.1, -0.05) is 39.3 Å². The zero-order valence-corrected chi connectivity index (χ0v) is 27.5. The molecule has 0 spiro atoms. The van der Waals surface area contributed by atoms with Gasteiger partial charge in [-0.2, -0.15) is 0 Å². The third kappa shape index (κ3) is 11.1. The number of hydrogen-bond donors (Lipinski definition) is 5. The largest absolute Gasteiger partial charge is 0.508 e. The number of piperazine rings is 2. The topological polar surface area (TPSA) is 171 Å². The van der Waals surface area contributed by atoms with Crippen LogP contribution in [0.4, 0.5) is 11.6 Å². The molecule has 15 heteroatoms. The molecule has 0 bridgehead atoms. The van der Waals surface area contributed by atoms with E-state index in [9.17, 15) is 19.5 Å². The van der Waals surface area contributed by atoms with Crippen LogP contribution >= 0.6 is 31.9 Å². The van der Waals surface area contributed by atoms with Gasteiger partial charge < -0.3 is 35.3 Å². The van der Waals surface area contributed by atoms with Crippen LogP contribution in [0.1, 0.15) is 23.3 Å². The number of phenolic OH excluding ortho intramolecular Hbond substituents is 2. The fraction of sp³-hybridized carbons (Fsp3) is 0.323. The summed E-state index contributed by atoms with van der Waals surface area (Å²) in [6.07, 6.45) is 3.49. The lowest BCUT2D eigenvalue weighted by Gasteiger charge is -2.35. The van der Waals surface area contributed by atoms with Crippen molar-refractivity contribution in [3.05, 3.63) is 102 Å². The van der Waals surface area contributed by atoms with Gasteiger partial charge in [0.05, 0.1) is 18.2 Å².